The Labute approximate surface area is 159 Å². The molecule has 4 aromatic rings. The van der Waals surface area contributed by atoms with E-state index in [9.17, 15) is 0 Å². The maximum absolute atomic E-state index is 4.24. The van der Waals surface area contributed by atoms with Crippen molar-refractivity contribution in [1.29, 1.82) is 0 Å². The van der Waals surface area contributed by atoms with Gasteiger partial charge < -0.3 is 15.3 Å². The van der Waals surface area contributed by atoms with E-state index in [2.05, 4.69) is 64.6 Å². The molecule has 3 N–H and O–H groups in total. The number of nitrogens with zero attached hydrogens (tertiary/aromatic N) is 1. The molecule has 0 radical (unpaired) electrons. The molecule has 0 saturated carbocycles. The Morgan fingerprint density at radius 2 is 1.89 bits per heavy atom. The first-order valence-corrected chi connectivity index (χ1v) is 10.00. The minimum Gasteiger partial charge on any atom is -0.359 e. The number of fused-ring (bicyclic) bond motifs is 2. The maximum atomic E-state index is 4.24. The fraction of sp³-hybridized carbons (Fsp3) is 0.348. The predicted octanol–water partition coefficient (Wildman–Crippen LogP) is 5.30. The number of pyridine rings is 1. The van der Waals surface area contributed by atoms with E-state index in [4.69, 9.17) is 0 Å². The first kappa shape index (κ1) is 16.6. The third-order valence-corrected chi connectivity index (χ3v) is 6.00. The molecule has 1 aliphatic heterocycles. The summed E-state index contributed by atoms with van der Waals surface area (Å²) in [6.45, 7) is 6.84. The van der Waals surface area contributed by atoms with E-state index in [1.54, 1.807) is 0 Å². The Balaban J connectivity index is 1.69. The van der Waals surface area contributed by atoms with E-state index < -0.39 is 0 Å². The molecule has 5 rings (SSSR count). The lowest BCUT2D eigenvalue weighted by atomic mass is 9.88. The summed E-state index contributed by atoms with van der Waals surface area (Å²) in [5.41, 5.74) is 7.68. The lowest BCUT2D eigenvalue weighted by molar-refractivity contribution is 0.460. The molecule has 0 aliphatic carbocycles. The van der Waals surface area contributed by atoms with Gasteiger partial charge in [-0.1, -0.05) is 19.9 Å². The van der Waals surface area contributed by atoms with Gasteiger partial charge in [-0.15, -0.1) is 0 Å². The average Bonchev–Trinajstić information content (AvgIpc) is 3.29. The minimum atomic E-state index is 0.448. The second-order valence-corrected chi connectivity index (χ2v) is 8.02. The molecule has 0 bridgehead atoms. The first-order chi connectivity index (χ1) is 13.2. The molecular formula is C23H26N4. The topological polar surface area (TPSA) is 56.5 Å². The molecule has 138 valence electrons. The van der Waals surface area contributed by atoms with Crippen LogP contribution in [0.25, 0.3) is 33.1 Å². The molecular weight excluding hydrogens is 332 g/mol. The zero-order chi connectivity index (χ0) is 18.4. The predicted molar refractivity (Wildman–Crippen MR) is 112 cm³/mol. The summed E-state index contributed by atoms with van der Waals surface area (Å²) in [6, 6.07) is 9.13. The van der Waals surface area contributed by atoms with E-state index in [-0.39, 0.29) is 0 Å². The summed E-state index contributed by atoms with van der Waals surface area (Å²) in [5, 5.41) is 6.07. The van der Waals surface area contributed by atoms with Crippen molar-refractivity contribution in [2.45, 2.75) is 38.5 Å². The van der Waals surface area contributed by atoms with Gasteiger partial charge in [-0.3, -0.25) is 4.98 Å². The molecule has 0 spiro atoms. The van der Waals surface area contributed by atoms with Crippen molar-refractivity contribution in [1.82, 2.24) is 20.3 Å². The van der Waals surface area contributed by atoms with Gasteiger partial charge in [0.25, 0.3) is 0 Å². The van der Waals surface area contributed by atoms with Crippen LogP contribution >= 0.6 is 0 Å². The van der Waals surface area contributed by atoms with E-state index in [1.165, 1.54) is 51.5 Å². The third kappa shape index (κ3) is 2.76. The lowest BCUT2D eigenvalue weighted by Gasteiger charge is -2.23. The van der Waals surface area contributed by atoms with Crippen molar-refractivity contribution in [3.63, 3.8) is 0 Å². The van der Waals surface area contributed by atoms with Gasteiger partial charge >= 0.3 is 0 Å². The van der Waals surface area contributed by atoms with Crippen LogP contribution in [0, 0.1) is 0 Å². The van der Waals surface area contributed by atoms with Gasteiger partial charge in [-0.25, -0.2) is 0 Å². The fourth-order valence-corrected chi connectivity index (χ4v) is 4.63. The quantitative estimate of drug-likeness (QED) is 0.465. The van der Waals surface area contributed by atoms with Gasteiger partial charge in [0.05, 0.1) is 17.4 Å². The second kappa shape index (κ2) is 6.54. The Morgan fingerprint density at radius 3 is 2.70 bits per heavy atom. The highest BCUT2D eigenvalue weighted by atomic mass is 14.9. The van der Waals surface area contributed by atoms with E-state index in [0.717, 1.165) is 18.6 Å². The van der Waals surface area contributed by atoms with E-state index >= 15 is 0 Å². The minimum absolute atomic E-state index is 0.448. The zero-order valence-corrected chi connectivity index (χ0v) is 16.0. The van der Waals surface area contributed by atoms with Gasteiger partial charge in [0.2, 0.25) is 0 Å². The van der Waals surface area contributed by atoms with Crippen LogP contribution in [0.15, 0.2) is 42.9 Å². The molecule has 0 unspecified atom stereocenters. The Morgan fingerprint density at radius 1 is 1.04 bits per heavy atom. The standard InChI is InChI=1S/C23H26N4/c1-14(2)22-18-11-16(15-5-8-24-9-6-15)3-4-20(18)27-23(22)19-12-26-21-13-25-10-7-17(19)21/h3-4,7,10-15,24,26-27H,5-6,8-9H2,1-2H3. The van der Waals surface area contributed by atoms with Crippen LogP contribution in [0.3, 0.4) is 0 Å². The van der Waals surface area contributed by atoms with Gasteiger partial charge in [0.15, 0.2) is 0 Å². The summed E-state index contributed by atoms with van der Waals surface area (Å²) >= 11 is 0. The number of hydrogen-bond donors (Lipinski definition) is 3. The Bertz CT molecular complexity index is 1100. The smallest absolute Gasteiger partial charge is 0.0647 e. The van der Waals surface area contributed by atoms with Gasteiger partial charge in [0.1, 0.15) is 0 Å². The van der Waals surface area contributed by atoms with Crippen molar-refractivity contribution in [3.05, 3.63) is 54.0 Å². The molecule has 27 heavy (non-hydrogen) atoms. The van der Waals surface area contributed by atoms with E-state index in [1.807, 2.05) is 12.4 Å². The van der Waals surface area contributed by atoms with Crippen molar-refractivity contribution < 1.29 is 0 Å². The van der Waals surface area contributed by atoms with Crippen LogP contribution in [0.2, 0.25) is 0 Å². The first-order valence-electron chi connectivity index (χ1n) is 10.00. The fourth-order valence-electron chi connectivity index (χ4n) is 4.63. The molecule has 0 amide bonds. The highest BCUT2D eigenvalue weighted by Gasteiger charge is 2.21. The SMILES string of the molecule is CC(C)c1c(-c2c[nH]c3cnccc23)[nH]c2ccc(C3CCNCC3)cc12. The highest BCUT2D eigenvalue weighted by molar-refractivity contribution is 6.00. The van der Waals surface area contributed by atoms with Crippen molar-refractivity contribution >= 4 is 21.8 Å². The summed E-state index contributed by atoms with van der Waals surface area (Å²) in [6.07, 6.45) is 8.33. The average molecular weight is 358 g/mol. The van der Waals surface area contributed by atoms with Crippen LogP contribution in [0.5, 0.6) is 0 Å². The molecule has 3 aromatic heterocycles. The number of benzene rings is 1. The van der Waals surface area contributed by atoms with Crippen molar-refractivity contribution in [2.24, 2.45) is 0 Å². The number of hydrogen-bond acceptors (Lipinski definition) is 2. The van der Waals surface area contributed by atoms with Crippen LogP contribution in [0.4, 0.5) is 0 Å². The van der Waals surface area contributed by atoms with Crippen molar-refractivity contribution in [2.75, 3.05) is 13.1 Å². The molecule has 4 heteroatoms. The van der Waals surface area contributed by atoms with Crippen LogP contribution in [0.1, 0.15) is 49.7 Å². The normalized spacial score (nSPS) is 16.0. The zero-order valence-electron chi connectivity index (χ0n) is 16.0. The van der Waals surface area contributed by atoms with Crippen molar-refractivity contribution in [3.8, 4) is 11.3 Å². The maximum Gasteiger partial charge on any atom is 0.0647 e. The number of nitrogens with one attached hydrogen (secondary N) is 3. The Kier molecular flexibility index (Phi) is 4.01. The Hall–Kier alpha value is -2.59. The van der Waals surface area contributed by atoms with Gasteiger partial charge in [-0.2, -0.15) is 0 Å². The largest absolute Gasteiger partial charge is 0.359 e. The molecule has 0 atom stereocenters. The number of rotatable bonds is 3. The summed E-state index contributed by atoms with van der Waals surface area (Å²) in [4.78, 5) is 11.3. The summed E-state index contributed by atoms with van der Waals surface area (Å²) in [5.74, 6) is 1.12. The lowest BCUT2D eigenvalue weighted by Crippen LogP contribution is -2.26. The van der Waals surface area contributed by atoms with E-state index in [0.29, 0.717) is 11.8 Å². The van der Waals surface area contributed by atoms with Crippen LogP contribution in [-0.2, 0) is 0 Å². The number of aromatic nitrogens is 3. The molecule has 1 saturated heterocycles. The second-order valence-electron chi connectivity index (χ2n) is 8.02. The number of piperidine rings is 1. The highest BCUT2D eigenvalue weighted by Crippen LogP contribution is 2.39. The van der Waals surface area contributed by atoms with Crippen LogP contribution in [-0.4, -0.2) is 28.0 Å². The monoisotopic (exact) mass is 358 g/mol. The molecule has 4 heterocycles. The summed E-state index contributed by atoms with van der Waals surface area (Å²) in [7, 11) is 0. The molecule has 1 aliphatic rings. The number of aromatic amines is 2. The molecule has 4 nitrogen and oxygen atoms in total. The van der Waals surface area contributed by atoms with Gasteiger partial charge in [-0.05, 0) is 67.1 Å². The summed E-state index contributed by atoms with van der Waals surface area (Å²) < 4.78 is 0. The third-order valence-electron chi connectivity index (χ3n) is 6.00. The molecule has 1 fully saturated rings. The molecule has 1 aromatic carbocycles. The van der Waals surface area contributed by atoms with Gasteiger partial charge in [0, 0.05) is 34.2 Å². The van der Waals surface area contributed by atoms with Crippen LogP contribution < -0.4 is 5.32 Å². The number of H-pyrrole nitrogens is 2.